The van der Waals surface area contributed by atoms with E-state index >= 15 is 0 Å². The van der Waals surface area contributed by atoms with Gasteiger partial charge in [-0.25, -0.2) is 4.57 Å². The standard InChI is InChI=1S/C69H111N5O4.C40H63N6O4P/c1-13-25-31-53(19-7)48-74(49-54(20-8)32-26-14-2)65-44-62(71-69(75)60(24-12)36-30-18-6)63(45-68(65)78-52-57(23-11)35-29-17-5)72-73-64-46-66(76-50-55(21-9)33-27-15-3)61(42-41-58-37-39-59(47-70)40-38-58)43-67(64)77-51-56(22-10)34-28-16-4;1-8-15-18-19-24-46(30-32(11-4)20-16-9-2)39-26-38(45-51(47,49-13-6)50-14-7)37(27-40(39)48-31-33(12-5)21-17-10-3)44-43-36-23-22-34(28-41)25-35(36)29-42/h37-46,53-57,60H,13-36,48-52H2,1-12H3,(H,71,75);22-23,25-27,32-33H,8-21,24,30-31H2,1-7H3,(H,45,47)/b42-41+,73-72?;. The van der Waals surface area contributed by atoms with E-state index in [-0.39, 0.29) is 30.6 Å². The van der Waals surface area contributed by atoms with Crippen molar-refractivity contribution in [2.75, 3.05) is 86.0 Å². The molecule has 5 aromatic carbocycles. The summed E-state index contributed by atoms with van der Waals surface area (Å²) in [5.41, 5.74) is 7.91. The van der Waals surface area contributed by atoms with Gasteiger partial charge in [0.15, 0.2) is 0 Å². The normalized spacial score (nSPS) is 13.5. The smallest absolute Gasteiger partial charge is 0.432 e. The highest BCUT2D eigenvalue weighted by atomic mass is 31.2. The molecule has 0 saturated carbocycles. The fraction of sp³-hybridized carbons (Fsp3) is 0.670. The molecule has 0 bridgehead atoms. The lowest BCUT2D eigenvalue weighted by Gasteiger charge is -2.34. The van der Waals surface area contributed by atoms with Gasteiger partial charge in [-0.15, -0.1) is 20.5 Å². The third-order valence-electron chi connectivity index (χ3n) is 25.5. The third-order valence-corrected chi connectivity index (χ3v) is 27.2. The van der Waals surface area contributed by atoms with E-state index in [0.717, 1.165) is 228 Å². The lowest BCUT2D eigenvalue weighted by molar-refractivity contribution is -0.120. The minimum Gasteiger partial charge on any atom is -0.493 e. The molecule has 8 atom stereocenters. The molecule has 8 unspecified atom stereocenters. The van der Waals surface area contributed by atoms with Crippen LogP contribution in [0.25, 0.3) is 12.2 Å². The molecule has 0 aliphatic heterocycles. The first-order chi connectivity index (χ1) is 62.7. The van der Waals surface area contributed by atoms with E-state index in [9.17, 15) is 25.1 Å². The molecule has 0 heterocycles. The first-order valence-corrected chi connectivity index (χ1v) is 52.8. The zero-order chi connectivity index (χ0) is 94.4. The van der Waals surface area contributed by atoms with Crippen LogP contribution in [0.2, 0.25) is 0 Å². The lowest BCUT2D eigenvalue weighted by Crippen LogP contribution is -2.34. The molecule has 0 radical (unpaired) electrons. The third kappa shape index (κ3) is 42.0. The average molecular weight is 1800 g/mol. The Morgan fingerprint density at radius 2 is 0.767 bits per heavy atom. The van der Waals surface area contributed by atoms with Gasteiger partial charge in [0, 0.05) is 55.9 Å². The molecule has 0 aliphatic carbocycles. The Hall–Kier alpha value is -8.27. The Labute approximate surface area is 784 Å². The number of benzene rings is 5. The largest absolute Gasteiger partial charge is 0.493 e. The van der Waals surface area contributed by atoms with Gasteiger partial charge in [-0.2, -0.15) is 15.8 Å². The predicted octanol–water partition coefficient (Wildman–Crippen LogP) is 34.0. The van der Waals surface area contributed by atoms with Crippen molar-refractivity contribution >= 4 is 71.3 Å². The van der Waals surface area contributed by atoms with Crippen molar-refractivity contribution in [1.29, 1.82) is 15.8 Å². The highest BCUT2D eigenvalue weighted by molar-refractivity contribution is 7.55. The van der Waals surface area contributed by atoms with Gasteiger partial charge < -0.3 is 34.1 Å². The van der Waals surface area contributed by atoms with Gasteiger partial charge in [-0.05, 0) is 174 Å². The van der Waals surface area contributed by atoms with Crippen LogP contribution in [0, 0.1) is 81.3 Å². The first kappa shape index (κ1) is 113. The summed E-state index contributed by atoms with van der Waals surface area (Å²) < 4.78 is 52.9. The Morgan fingerprint density at radius 1 is 0.380 bits per heavy atom. The van der Waals surface area contributed by atoms with Gasteiger partial charge in [0.05, 0.1) is 91.2 Å². The summed E-state index contributed by atoms with van der Waals surface area (Å²) in [6.45, 7) is 48.1. The molecule has 2 N–H and O–H groups in total. The van der Waals surface area contributed by atoms with Gasteiger partial charge in [0.1, 0.15) is 51.8 Å². The summed E-state index contributed by atoms with van der Waals surface area (Å²) >= 11 is 0. The number of carbonyl (C=O) groups is 1. The number of azo groups is 2. The van der Waals surface area contributed by atoms with E-state index in [0.29, 0.717) is 130 Å². The van der Waals surface area contributed by atoms with E-state index in [1.54, 1.807) is 26.0 Å². The van der Waals surface area contributed by atoms with Crippen molar-refractivity contribution in [1.82, 2.24) is 0 Å². The molecular weight excluding hydrogens is 1620 g/mol. The molecule has 0 aliphatic rings. The number of nitrogens with one attached hydrogen (secondary N) is 2. The van der Waals surface area contributed by atoms with Crippen molar-refractivity contribution < 1.29 is 37.4 Å². The number of unbranched alkanes of at least 4 members (excludes halogenated alkanes) is 11. The van der Waals surface area contributed by atoms with E-state index in [1.165, 1.54) is 63.9 Å². The molecule has 20 heteroatoms. The van der Waals surface area contributed by atoms with Gasteiger partial charge in [0.2, 0.25) is 5.91 Å². The Kier molecular flexibility index (Phi) is 59.5. The molecule has 1 amide bonds. The summed E-state index contributed by atoms with van der Waals surface area (Å²) in [4.78, 5) is 19.7. The van der Waals surface area contributed by atoms with Crippen LogP contribution < -0.4 is 39.2 Å². The SMILES string of the molecule is CCCCC(CC)COc1cc(N=Nc2cc(OCC(CC)CCCC)c(N(CC(CC)CCCC)CC(CC)CCCC)cc2NC(=O)C(CC)CCCC)c(OCC(CC)CCCC)cc1/C=C/c1ccc(C#N)cc1.CCCCCCN(CC(CC)CCCC)c1cc(NP(=O)(OCC)OCC)c(N=Nc2ccc(C#N)cc2C#N)cc1OCC(CC)CCCC. The molecular formula is C109H174N11O8P. The molecule has 0 saturated heterocycles. The lowest BCUT2D eigenvalue weighted by atomic mass is 9.95. The van der Waals surface area contributed by atoms with Crippen molar-refractivity contribution in [3.05, 3.63) is 107 Å². The fourth-order valence-electron chi connectivity index (χ4n) is 16.3. The monoisotopic (exact) mass is 1800 g/mol. The van der Waals surface area contributed by atoms with Gasteiger partial charge in [-0.1, -0.05) is 309 Å². The Balaban J connectivity index is 0.000000590. The number of carbonyl (C=O) groups excluding carboxylic acids is 1. The average Bonchev–Trinajstić information content (AvgIpc) is 0.795. The van der Waals surface area contributed by atoms with Gasteiger partial charge in [0.25, 0.3) is 0 Å². The molecule has 0 fully saturated rings. The van der Waals surface area contributed by atoms with E-state index in [4.69, 9.17) is 38.2 Å². The second-order valence-electron chi connectivity index (χ2n) is 35.7. The van der Waals surface area contributed by atoms with E-state index in [1.807, 2.05) is 42.5 Å². The van der Waals surface area contributed by atoms with Crippen LogP contribution in [0.3, 0.4) is 0 Å². The number of nitriles is 3. The van der Waals surface area contributed by atoms with Gasteiger partial charge in [-0.3, -0.25) is 18.9 Å². The van der Waals surface area contributed by atoms with Crippen LogP contribution in [0.15, 0.2) is 99.3 Å². The summed E-state index contributed by atoms with van der Waals surface area (Å²) in [5.74, 6) is 5.89. The maximum Gasteiger partial charge on any atom is 0.432 e. The van der Waals surface area contributed by atoms with Crippen molar-refractivity contribution in [2.24, 2.45) is 67.8 Å². The summed E-state index contributed by atoms with van der Waals surface area (Å²) in [6, 6.07) is 30.9. The number of hydrogen-bond acceptors (Lipinski definition) is 17. The maximum atomic E-state index is 14.6. The fourth-order valence-corrected chi connectivity index (χ4v) is 17.6. The van der Waals surface area contributed by atoms with Gasteiger partial charge >= 0.3 is 7.75 Å². The van der Waals surface area contributed by atoms with Crippen molar-refractivity contribution in [2.45, 2.75) is 363 Å². The Bertz CT molecular complexity index is 4140. The number of rotatable bonds is 71. The van der Waals surface area contributed by atoms with Crippen LogP contribution in [0.5, 0.6) is 23.0 Å². The van der Waals surface area contributed by atoms with E-state index < -0.39 is 7.75 Å². The summed E-state index contributed by atoms with van der Waals surface area (Å²) in [7, 11) is -3.78. The molecule has 19 nitrogen and oxygen atoms in total. The molecule has 0 aromatic heterocycles. The molecule has 5 rings (SSSR count). The molecule has 129 heavy (non-hydrogen) atoms. The number of amides is 1. The summed E-state index contributed by atoms with van der Waals surface area (Å²) in [5, 5.41) is 54.6. The Morgan fingerprint density at radius 3 is 1.20 bits per heavy atom. The highest BCUT2D eigenvalue weighted by Crippen LogP contribution is 2.53. The minimum atomic E-state index is -3.78. The molecule has 5 aromatic rings. The molecule has 0 spiro atoms. The minimum absolute atomic E-state index is 0.0206. The van der Waals surface area contributed by atoms with Crippen LogP contribution >= 0.6 is 7.75 Å². The van der Waals surface area contributed by atoms with Crippen molar-refractivity contribution in [3.63, 3.8) is 0 Å². The second kappa shape index (κ2) is 67.8. The zero-order valence-corrected chi connectivity index (χ0v) is 84.9. The van der Waals surface area contributed by atoms with Crippen LogP contribution in [0.1, 0.15) is 391 Å². The van der Waals surface area contributed by atoms with E-state index in [2.05, 4.69) is 197 Å². The molecule has 718 valence electrons. The number of nitrogens with zero attached hydrogens (tertiary/aromatic N) is 9. The quantitative estimate of drug-likeness (QED) is 0.0159. The second-order valence-corrected chi connectivity index (χ2v) is 37.4. The van der Waals surface area contributed by atoms with Crippen LogP contribution in [-0.4, -0.2) is 71.7 Å². The number of anilines is 4. The summed E-state index contributed by atoms with van der Waals surface area (Å²) in [6.07, 6.45) is 43.8. The highest BCUT2D eigenvalue weighted by Gasteiger charge is 2.31. The zero-order valence-electron chi connectivity index (χ0n) is 84.0. The first-order valence-electron chi connectivity index (χ1n) is 51.2. The van der Waals surface area contributed by atoms with Crippen molar-refractivity contribution in [3.8, 4) is 41.2 Å². The van der Waals surface area contributed by atoms with Crippen LogP contribution in [-0.2, 0) is 18.4 Å². The number of ether oxygens (including phenoxy) is 4. The number of hydrogen-bond donors (Lipinski definition) is 2. The topological polar surface area (TPSA) is 241 Å². The maximum absolute atomic E-state index is 14.6. The predicted molar refractivity (Wildman–Crippen MR) is 544 cm³/mol. The van der Waals surface area contributed by atoms with Crippen LogP contribution in [0.4, 0.5) is 45.5 Å².